The summed E-state index contributed by atoms with van der Waals surface area (Å²) in [6.45, 7) is 0.312. The Kier molecular flexibility index (Phi) is 4.40. The predicted molar refractivity (Wildman–Crippen MR) is 78.2 cm³/mol. The van der Waals surface area contributed by atoms with Crippen LogP contribution in [0.2, 0.25) is 0 Å². The highest BCUT2D eigenvalue weighted by molar-refractivity contribution is 5.97. The molecule has 0 heterocycles. The molecule has 0 spiro atoms. The standard InChI is InChI=1S/C15H15N3O3/c16-14(18-21)12-3-1-2-10(8-12)9-17-15(20)11-4-6-13(19)7-5-11/h1-8,19,21H,9H2,(H2,16,18)(H,17,20). The first-order valence-corrected chi connectivity index (χ1v) is 6.24. The van der Waals surface area contributed by atoms with Crippen LogP contribution in [0, 0.1) is 0 Å². The molecule has 0 atom stereocenters. The molecule has 2 aromatic carbocycles. The first kappa shape index (κ1) is 14.4. The summed E-state index contributed by atoms with van der Waals surface area (Å²) in [5.74, 6) is -0.121. The van der Waals surface area contributed by atoms with Crippen molar-refractivity contribution in [3.63, 3.8) is 0 Å². The topological polar surface area (TPSA) is 108 Å². The van der Waals surface area contributed by atoms with Crippen molar-refractivity contribution in [3.05, 3.63) is 65.2 Å². The molecule has 108 valence electrons. The number of carbonyl (C=O) groups is 1. The van der Waals surface area contributed by atoms with Crippen LogP contribution >= 0.6 is 0 Å². The summed E-state index contributed by atoms with van der Waals surface area (Å²) in [7, 11) is 0. The molecule has 0 radical (unpaired) electrons. The highest BCUT2D eigenvalue weighted by Crippen LogP contribution is 2.10. The Balaban J connectivity index is 2.03. The van der Waals surface area contributed by atoms with Crippen molar-refractivity contribution < 1.29 is 15.1 Å². The van der Waals surface area contributed by atoms with Gasteiger partial charge in [0.2, 0.25) is 0 Å². The van der Waals surface area contributed by atoms with Crippen LogP contribution in [0.4, 0.5) is 0 Å². The van der Waals surface area contributed by atoms with Gasteiger partial charge in [-0.3, -0.25) is 4.79 Å². The number of nitrogens with one attached hydrogen (secondary N) is 1. The number of amidine groups is 1. The second-order valence-corrected chi connectivity index (χ2v) is 4.42. The van der Waals surface area contributed by atoms with Gasteiger partial charge in [0, 0.05) is 17.7 Å². The highest BCUT2D eigenvalue weighted by atomic mass is 16.4. The summed E-state index contributed by atoms with van der Waals surface area (Å²) in [5.41, 5.74) is 7.37. The van der Waals surface area contributed by atoms with Gasteiger partial charge in [-0.05, 0) is 35.9 Å². The Morgan fingerprint density at radius 3 is 2.52 bits per heavy atom. The molecule has 1 amide bonds. The molecule has 0 aliphatic rings. The molecule has 0 bridgehead atoms. The van der Waals surface area contributed by atoms with Gasteiger partial charge in [-0.1, -0.05) is 23.4 Å². The van der Waals surface area contributed by atoms with Crippen molar-refractivity contribution in [2.45, 2.75) is 6.54 Å². The van der Waals surface area contributed by atoms with Crippen molar-refractivity contribution in [2.24, 2.45) is 10.9 Å². The summed E-state index contributed by atoms with van der Waals surface area (Å²) in [4.78, 5) is 11.9. The van der Waals surface area contributed by atoms with Gasteiger partial charge >= 0.3 is 0 Å². The van der Waals surface area contributed by atoms with Crippen LogP contribution in [0.15, 0.2) is 53.7 Å². The summed E-state index contributed by atoms with van der Waals surface area (Å²) >= 11 is 0. The second-order valence-electron chi connectivity index (χ2n) is 4.42. The van der Waals surface area contributed by atoms with E-state index in [4.69, 9.17) is 10.9 Å². The van der Waals surface area contributed by atoms with Crippen molar-refractivity contribution >= 4 is 11.7 Å². The number of carbonyl (C=O) groups excluding carboxylic acids is 1. The van der Waals surface area contributed by atoms with E-state index >= 15 is 0 Å². The van der Waals surface area contributed by atoms with E-state index in [-0.39, 0.29) is 17.5 Å². The Hall–Kier alpha value is -3.02. The van der Waals surface area contributed by atoms with Crippen molar-refractivity contribution in [3.8, 4) is 5.75 Å². The maximum Gasteiger partial charge on any atom is 0.251 e. The average molecular weight is 285 g/mol. The Bertz CT molecular complexity index is 666. The SMILES string of the molecule is NC(=NO)c1cccc(CNC(=O)c2ccc(O)cc2)c1. The number of phenols is 1. The number of nitrogens with two attached hydrogens (primary N) is 1. The fourth-order valence-electron chi connectivity index (χ4n) is 1.80. The molecule has 0 fully saturated rings. The normalized spacial score (nSPS) is 11.1. The largest absolute Gasteiger partial charge is 0.508 e. The minimum atomic E-state index is -0.246. The highest BCUT2D eigenvalue weighted by Gasteiger charge is 2.06. The van der Waals surface area contributed by atoms with Crippen LogP contribution < -0.4 is 11.1 Å². The van der Waals surface area contributed by atoms with E-state index in [2.05, 4.69) is 10.5 Å². The zero-order valence-corrected chi connectivity index (χ0v) is 11.2. The molecule has 6 heteroatoms. The van der Waals surface area contributed by atoms with Gasteiger partial charge < -0.3 is 21.4 Å². The lowest BCUT2D eigenvalue weighted by Gasteiger charge is -2.07. The molecule has 2 rings (SSSR count). The lowest BCUT2D eigenvalue weighted by molar-refractivity contribution is 0.0951. The van der Waals surface area contributed by atoms with E-state index in [0.29, 0.717) is 17.7 Å². The van der Waals surface area contributed by atoms with Crippen LogP contribution in [0.3, 0.4) is 0 Å². The molecule has 21 heavy (non-hydrogen) atoms. The molecule has 0 unspecified atom stereocenters. The third-order valence-electron chi connectivity index (χ3n) is 2.91. The van der Waals surface area contributed by atoms with Crippen LogP contribution in [-0.4, -0.2) is 22.1 Å². The number of amides is 1. The fraction of sp³-hybridized carbons (Fsp3) is 0.0667. The van der Waals surface area contributed by atoms with Gasteiger partial charge in [-0.25, -0.2) is 0 Å². The Morgan fingerprint density at radius 2 is 1.86 bits per heavy atom. The summed E-state index contributed by atoms with van der Waals surface area (Å²) in [6.07, 6.45) is 0. The summed E-state index contributed by atoms with van der Waals surface area (Å²) < 4.78 is 0. The quantitative estimate of drug-likeness (QED) is 0.295. The maximum atomic E-state index is 11.9. The fourth-order valence-corrected chi connectivity index (χ4v) is 1.80. The van der Waals surface area contributed by atoms with Gasteiger partial charge in [-0.15, -0.1) is 0 Å². The summed E-state index contributed by atoms with van der Waals surface area (Å²) in [5, 5.41) is 23.5. The molecule has 2 aromatic rings. The number of hydrogen-bond acceptors (Lipinski definition) is 4. The number of aromatic hydroxyl groups is 1. The van der Waals surface area contributed by atoms with Gasteiger partial charge in [0.1, 0.15) is 5.75 Å². The van der Waals surface area contributed by atoms with Gasteiger partial charge in [0.15, 0.2) is 5.84 Å². The van der Waals surface area contributed by atoms with Crippen LogP contribution in [-0.2, 0) is 6.54 Å². The predicted octanol–water partition coefficient (Wildman–Crippen LogP) is 1.42. The second kappa shape index (κ2) is 6.42. The van der Waals surface area contributed by atoms with Gasteiger partial charge in [0.25, 0.3) is 5.91 Å². The van der Waals surface area contributed by atoms with E-state index in [9.17, 15) is 9.90 Å². The molecule has 0 saturated carbocycles. The lowest BCUT2D eigenvalue weighted by atomic mass is 10.1. The minimum Gasteiger partial charge on any atom is -0.508 e. The molecule has 5 N–H and O–H groups in total. The smallest absolute Gasteiger partial charge is 0.251 e. The van der Waals surface area contributed by atoms with Gasteiger partial charge in [0.05, 0.1) is 0 Å². The molecule has 0 aliphatic heterocycles. The molecule has 0 aliphatic carbocycles. The number of phenolic OH excluding ortho intramolecular Hbond substituents is 1. The number of nitrogens with zero attached hydrogens (tertiary/aromatic N) is 1. The molecular formula is C15H15N3O3. The Labute approximate surface area is 121 Å². The molecule has 6 nitrogen and oxygen atoms in total. The summed E-state index contributed by atoms with van der Waals surface area (Å²) in [6, 6.07) is 13.0. The zero-order valence-electron chi connectivity index (χ0n) is 11.2. The van der Waals surface area contributed by atoms with Crippen molar-refractivity contribution in [1.82, 2.24) is 5.32 Å². The third kappa shape index (κ3) is 3.73. The van der Waals surface area contributed by atoms with Gasteiger partial charge in [-0.2, -0.15) is 0 Å². The van der Waals surface area contributed by atoms with E-state index in [1.54, 1.807) is 18.2 Å². The zero-order chi connectivity index (χ0) is 15.2. The van der Waals surface area contributed by atoms with Crippen LogP contribution in [0.5, 0.6) is 5.75 Å². The first-order valence-electron chi connectivity index (χ1n) is 6.24. The minimum absolute atomic E-state index is 0.0155. The number of oxime groups is 1. The third-order valence-corrected chi connectivity index (χ3v) is 2.91. The molecule has 0 saturated heterocycles. The number of benzene rings is 2. The molecular weight excluding hydrogens is 270 g/mol. The monoisotopic (exact) mass is 285 g/mol. The maximum absolute atomic E-state index is 11.9. The number of hydrogen-bond donors (Lipinski definition) is 4. The van der Waals surface area contributed by atoms with E-state index in [0.717, 1.165) is 5.56 Å². The van der Waals surface area contributed by atoms with Crippen LogP contribution in [0.25, 0.3) is 0 Å². The van der Waals surface area contributed by atoms with Crippen molar-refractivity contribution in [2.75, 3.05) is 0 Å². The molecule has 0 aromatic heterocycles. The van der Waals surface area contributed by atoms with Crippen LogP contribution in [0.1, 0.15) is 21.5 Å². The Morgan fingerprint density at radius 1 is 1.14 bits per heavy atom. The van der Waals surface area contributed by atoms with E-state index < -0.39 is 0 Å². The number of rotatable bonds is 4. The first-order chi connectivity index (χ1) is 10.1. The lowest BCUT2D eigenvalue weighted by Crippen LogP contribution is -2.23. The van der Waals surface area contributed by atoms with E-state index in [1.807, 2.05) is 6.07 Å². The average Bonchev–Trinajstić information content (AvgIpc) is 2.52. The van der Waals surface area contributed by atoms with E-state index in [1.165, 1.54) is 24.3 Å². The van der Waals surface area contributed by atoms with Crippen molar-refractivity contribution in [1.29, 1.82) is 0 Å².